The quantitative estimate of drug-likeness (QED) is 0.593. The van der Waals surface area contributed by atoms with E-state index in [0.29, 0.717) is 0 Å². The summed E-state index contributed by atoms with van der Waals surface area (Å²) < 4.78 is 2.23. The number of nitrogens with zero attached hydrogens (tertiary/aromatic N) is 2. The molecule has 0 aliphatic heterocycles. The van der Waals surface area contributed by atoms with Gasteiger partial charge in [0.15, 0.2) is 0 Å². The number of rotatable bonds is 8. The number of unbranched alkanes of at least 4 members (excludes halogenated alkanes) is 6. The SMILES string of the molecule is N#CCCCCCCCCn1cccc1. The monoisotopic (exact) mass is 204 g/mol. The Morgan fingerprint density at radius 3 is 2.13 bits per heavy atom. The predicted octanol–water partition coefficient (Wildman–Crippen LogP) is 3.74. The average molecular weight is 204 g/mol. The zero-order chi connectivity index (χ0) is 10.8. The molecule has 1 heterocycles. The first-order valence-electron chi connectivity index (χ1n) is 5.91. The van der Waals surface area contributed by atoms with Crippen LogP contribution in [0.15, 0.2) is 24.5 Å². The summed E-state index contributed by atoms with van der Waals surface area (Å²) in [4.78, 5) is 0. The summed E-state index contributed by atoms with van der Waals surface area (Å²) >= 11 is 0. The molecular weight excluding hydrogens is 184 g/mol. The van der Waals surface area contributed by atoms with E-state index in [4.69, 9.17) is 5.26 Å². The Hall–Kier alpha value is -1.23. The molecule has 2 nitrogen and oxygen atoms in total. The van der Waals surface area contributed by atoms with E-state index in [1.165, 1.54) is 32.1 Å². The lowest BCUT2D eigenvalue weighted by molar-refractivity contribution is 0.555. The van der Waals surface area contributed by atoms with Gasteiger partial charge in [0, 0.05) is 25.4 Å². The second-order valence-corrected chi connectivity index (χ2v) is 3.95. The van der Waals surface area contributed by atoms with Gasteiger partial charge in [0.1, 0.15) is 0 Å². The molecule has 0 aromatic carbocycles. The molecule has 0 bridgehead atoms. The smallest absolute Gasteiger partial charge is 0.0621 e. The predicted molar refractivity (Wildman–Crippen MR) is 62.4 cm³/mol. The van der Waals surface area contributed by atoms with Gasteiger partial charge in [0.2, 0.25) is 0 Å². The van der Waals surface area contributed by atoms with Crippen molar-refractivity contribution in [2.45, 2.75) is 51.5 Å². The zero-order valence-electron chi connectivity index (χ0n) is 9.36. The molecule has 1 aromatic rings. The van der Waals surface area contributed by atoms with Gasteiger partial charge in [-0.2, -0.15) is 5.26 Å². The molecular formula is C13H20N2. The lowest BCUT2D eigenvalue weighted by atomic mass is 10.1. The number of nitriles is 1. The Bertz CT molecular complexity index is 269. The second kappa shape index (κ2) is 8.11. The largest absolute Gasteiger partial charge is 0.354 e. The maximum Gasteiger partial charge on any atom is 0.0621 e. The fourth-order valence-corrected chi connectivity index (χ4v) is 1.72. The fraction of sp³-hybridized carbons (Fsp3) is 0.615. The molecule has 0 radical (unpaired) electrons. The Morgan fingerprint density at radius 1 is 0.867 bits per heavy atom. The van der Waals surface area contributed by atoms with Gasteiger partial charge in [-0.25, -0.2) is 0 Å². The molecule has 0 fully saturated rings. The van der Waals surface area contributed by atoms with Crippen LogP contribution < -0.4 is 0 Å². The lowest BCUT2D eigenvalue weighted by Crippen LogP contribution is -1.93. The molecule has 1 rings (SSSR count). The maximum atomic E-state index is 8.36. The minimum absolute atomic E-state index is 0.726. The molecule has 15 heavy (non-hydrogen) atoms. The summed E-state index contributed by atoms with van der Waals surface area (Å²) in [5, 5.41) is 8.36. The van der Waals surface area contributed by atoms with Crippen LogP contribution in [0.2, 0.25) is 0 Å². The van der Waals surface area contributed by atoms with Gasteiger partial charge < -0.3 is 4.57 Å². The summed E-state index contributed by atoms with van der Waals surface area (Å²) in [6, 6.07) is 6.33. The molecule has 0 unspecified atom stereocenters. The van der Waals surface area contributed by atoms with Crippen LogP contribution in [-0.2, 0) is 6.54 Å². The maximum absolute atomic E-state index is 8.36. The highest BCUT2D eigenvalue weighted by Gasteiger charge is 1.92. The van der Waals surface area contributed by atoms with E-state index in [2.05, 4.69) is 35.2 Å². The van der Waals surface area contributed by atoms with Gasteiger partial charge in [0.25, 0.3) is 0 Å². The van der Waals surface area contributed by atoms with Crippen LogP contribution in [0.5, 0.6) is 0 Å². The molecule has 0 N–H and O–H groups in total. The van der Waals surface area contributed by atoms with Crippen molar-refractivity contribution in [3.05, 3.63) is 24.5 Å². The van der Waals surface area contributed by atoms with Crippen LogP contribution in [0.4, 0.5) is 0 Å². The van der Waals surface area contributed by atoms with Crippen LogP contribution >= 0.6 is 0 Å². The van der Waals surface area contributed by atoms with Crippen LogP contribution in [0.1, 0.15) is 44.9 Å². The van der Waals surface area contributed by atoms with E-state index in [1.807, 2.05) is 0 Å². The van der Waals surface area contributed by atoms with Crippen molar-refractivity contribution in [3.8, 4) is 6.07 Å². The first-order chi connectivity index (χ1) is 7.43. The highest BCUT2D eigenvalue weighted by atomic mass is 14.9. The Morgan fingerprint density at radius 2 is 1.47 bits per heavy atom. The molecule has 0 atom stereocenters. The van der Waals surface area contributed by atoms with Crippen molar-refractivity contribution >= 4 is 0 Å². The van der Waals surface area contributed by atoms with E-state index in [9.17, 15) is 0 Å². The van der Waals surface area contributed by atoms with Gasteiger partial charge in [-0.1, -0.05) is 25.7 Å². The first-order valence-corrected chi connectivity index (χ1v) is 5.91. The Labute approximate surface area is 92.5 Å². The Balaban J connectivity index is 1.84. The van der Waals surface area contributed by atoms with Gasteiger partial charge in [-0.15, -0.1) is 0 Å². The normalized spacial score (nSPS) is 10.1. The van der Waals surface area contributed by atoms with E-state index in [1.54, 1.807) is 0 Å². The summed E-state index contributed by atoms with van der Waals surface area (Å²) in [6.07, 6.45) is 12.4. The molecule has 1 aromatic heterocycles. The van der Waals surface area contributed by atoms with Crippen molar-refractivity contribution in [2.24, 2.45) is 0 Å². The van der Waals surface area contributed by atoms with E-state index in [-0.39, 0.29) is 0 Å². The molecule has 0 aliphatic carbocycles. The number of hydrogen-bond acceptors (Lipinski definition) is 1. The van der Waals surface area contributed by atoms with Gasteiger partial charge in [-0.05, 0) is 25.0 Å². The third-order valence-corrected chi connectivity index (χ3v) is 2.62. The number of aromatic nitrogens is 1. The van der Waals surface area contributed by atoms with Crippen molar-refractivity contribution in [1.29, 1.82) is 5.26 Å². The van der Waals surface area contributed by atoms with Crippen molar-refractivity contribution in [3.63, 3.8) is 0 Å². The Kier molecular flexibility index (Phi) is 6.40. The minimum Gasteiger partial charge on any atom is -0.354 e. The van der Waals surface area contributed by atoms with Crippen LogP contribution in [0, 0.1) is 11.3 Å². The topological polar surface area (TPSA) is 28.7 Å². The van der Waals surface area contributed by atoms with E-state index < -0.39 is 0 Å². The fourth-order valence-electron chi connectivity index (χ4n) is 1.72. The van der Waals surface area contributed by atoms with Crippen molar-refractivity contribution in [1.82, 2.24) is 4.57 Å². The number of aryl methyl sites for hydroxylation is 1. The second-order valence-electron chi connectivity index (χ2n) is 3.95. The molecule has 0 amide bonds. The lowest BCUT2D eigenvalue weighted by Gasteiger charge is -2.02. The average Bonchev–Trinajstić information content (AvgIpc) is 2.75. The van der Waals surface area contributed by atoms with Gasteiger partial charge >= 0.3 is 0 Å². The molecule has 82 valence electrons. The highest BCUT2D eigenvalue weighted by Crippen LogP contribution is 2.07. The standard InChI is InChI=1S/C13H20N2/c14-10-6-4-2-1-3-5-7-11-15-12-8-9-13-15/h8-9,12-13H,1-7,11H2. The zero-order valence-corrected chi connectivity index (χ0v) is 9.36. The molecule has 0 spiro atoms. The van der Waals surface area contributed by atoms with Gasteiger partial charge in [-0.3, -0.25) is 0 Å². The van der Waals surface area contributed by atoms with Crippen molar-refractivity contribution < 1.29 is 0 Å². The van der Waals surface area contributed by atoms with Crippen LogP contribution in [-0.4, -0.2) is 4.57 Å². The highest BCUT2D eigenvalue weighted by molar-refractivity contribution is 4.89. The molecule has 0 saturated carbocycles. The van der Waals surface area contributed by atoms with Crippen LogP contribution in [0.3, 0.4) is 0 Å². The molecule has 2 heteroatoms. The summed E-state index contributed by atoms with van der Waals surface area (Å²) in [7, 11) is 0. The third-order valence-electron chi connectivity index (χ3n) is 2.62. The molecule has 0 aliphatic rings. The third kappa shape index (κ3) is 5.96. The summed E-state index contributed by atoms with van der Waals surface area (Å²) in [5.74, 6) is 0. The first kappa shape index (κ1) is 11.8. The van der Waals surface area contributed by atoms with Crippen LogP contribution in [0.25, 0.3) is 0 Å². The van der Waals surface area contributed by atoms with Crippen molar-refractivity contribution in [2.75, 3.05) is 0 Å². The molecule has 0 saturated heterocycles. The van der Waals surface area contributed by atoms with E-state index >= 15 is 0 Å². The van der Waals surface area contributed by atoms with Gasteiger partial charge in [0.05, 0.1) is 6.07 Å². The minimum atomic E-state index is 0.726. The number of hydrogen-bond donors (Lipinski definition) is 0. The summed E-state index contributed by atoms with van der Waals surface area (Å²) in [5.41, 5.74) is 0. The van der Waals surface area contributed by atoms with E-state index in [0.717, 1.165) is 19.4 Å². The summed E-state index contributed by atoms with van der Waals surface area (Å²) in [6.45, 7) is 1.14.